The van der Waals surface area contributed by atoms with Gasteiger partial charge in [0.15, 0.2) is 6.61 Å². The highest BCUT2D eigenvalue weighted by Crippen LogP contribution is 2.28. The molecule has 0 saturated heterocycles. The molecule has 0 unspecified atom stereocenters. The number of amides is 1. The number of hydrogen-bond acceptors (Lipinski definition) is 6. The lowest BCUT2D eigenvalue weighted by Gasteiger charge is -2.12. The average molecular weight is 463 g/mol. The summed E-state index contributed by atoms with van der Waals surface area (Å²) in [5, 5.41) is 2.51. The topological polar surface area (TPSA) is 92.8 Å². The zero-order valence-electron chi connectivity index (χ0n) is 16.7. The Balaban J connectivity index is 1.59. The molecule has 0 aliphatic carbocycles. The van der Waals surface area contributed by atoms with Crippen LogP contribution in [-0.4, -0.2) is 45.3 Å². The predicted molar refractivity (Wildman–Crippen MR) is 116 cm³/mol. The summed E-state index contributed by atoms with van der Waals surface area (Å²) in [6.07, 6.45) is 0. The smallest absolute Gasteiger partial charge is 0.348 e. The Bertz CT molecular complexity index is 1200. The van der Waals surface area contributed by atoms with Crippen molar-refractivity contribution in [2.24, 2.45) is 0 Å². The van der Waals surface area contributed by atoms with E-state index in [4.69, 9.17) is 4.74 Å². The second-order valence-electron chi connectivity index (χ2n) is 6.61. The minimum absolute atomic E-state index is 0.0270. The van der Waals surface area contributed by atoms with Crippen LogP contribution in [0, 0.1) is 5.82 Å². The van der Waals surface area contributed by atoms with E-state index < -0.39 is 28.5 Å². The molecule has 0 atom stereocenters. The first-order valence-corrected chi connectivity index (χ1v) is 11.3. The fourth-order valence-electron chi connectivity index (χ4n) is 2.56. The van der Waals surface area contributed by atoms with Crippen LogP contribution in [0.15, 0.2) is 65.6 Å². The summed E-state index contributed by atoms with van der Waals surface area (Å²) < 4.78 is 43.5. The minimum Gasteiger partial charge on any atom is -0.451 e. The number of carbonyl (C=O) groups excluding carboxylic acids is 2. The third-order valence-electron chi connectivity index (χ3n) is 4.17. The molecule has 0 aliphatic rings. The van der Waals surface area contributed by atoms with Gasteiger partial charge in [0.1, 0.15) is 10.7 Å². The quantitative estimate of drug-likeness (QED) is 0.542. The van der Waals surface area contributed by atoms with E-state index in [-0.39, 0.29) is 16.4 Å². The molecule has 31 heavy (non-hydrogen) atoms. The first kappa shape index (κ1) is 22.6. The van der Waals surface area contributed by atoms with Gasteiger partial charge in [0.2, 0.25) is 10.0 Å². The molecule has 1 aromatic heterocycles. The largest absolute Gasteiger partial charge is 0.451 e. The Hall–Kier alpha value is -3.08. The van der Waals surface area contributed by atoms with Crippen LogP contribution in [-0.2, 0) is 19.6 Å². The molecule has 0 aliphatic heterocycles. The SMILES string of the molecule is CN(C)S(=O)(=O)c1cccc(NC(=O)COC(=O)c2ccc(-c3ccc(F)cc3)s2)c1. The van der Waals surface area contributed by atoms with Crippen molar-refractivity contribution in [3.63, 3.8) is 0 Å². The van der Waals surface area contributed by atoms with Gasteiger partial charge in [0, 0.05) is 24.7 Å². The van der Waals surface area contributed by atoms with E-state index in [0.29, 0.717) is 4.88 Å². The predicted octanol–water partition coefficient (Wildman–Crippen LogP) is 3.60. The zero-order valence-corrected chi connectivity index (χ0v) is 18.3. The number of halogens is 1. The lowest BCUT2D eigenvalue weighted by Crippen LogP contribution is -2.23. The van der Waals surface area contributed by atoms with E-state index in [9.17, 15) is 22.4 Å². The van der Waals surface area contributed by atoms with Crippen LogP contribution >= 0.6 is 11.3 Å². The van der Waals surface area contributed by atoms with Crippen molar-refractivity contribution in [2.75, 3.05) is 26.0 Å². The van der Waals surface area contributed by atoms with Gasteiger partial charge >= 0.3 is 5.97 Å². The fourth-order valence-corrected chi connectivity index (χ4v) is 4.41. The van der Waals surface area contributed by atoms with E-state index >= 15 is 0 Å². The zero-order chi connectivity index (χ0) is 22.6. The first-order chi connectivity index (χ1) is 14.7. The van der Waals surface area contributed by atoms with Crippen LogP contribution in [0.5, 0.6) is 0 Å². The number of hydrogen-bond donors (Lipinski definition) is 1. The summed E-state index contributed by atoms with van der Waals surface area (Å²) in [5.41, 5.74) is 1.02. The number of sulfonamides is 1. The molecule has 1 heterocycles. The van der Waals surface area contributed by atoms with Crippen molar-refractivity contribution >= 4 is 38.9 Å². The molecular weight excluding hydrogens is 443 g/mol. The maximum Gasteiger partial charge on any atom is 0.348 e. The Morgan fingerprint density at radius 1 is 1.06 bits per heavy atom. The van der Waals surface area contributed by atoms with Crippen LogP contribution < -0.4 is 5.32 Å². The average Bonchev–Trinajstić information content (AvgIpc) is 3.23. The third-order valence-corrected chi connectivity index (χ3v) is 7.09. The number of nitrogens with zero attached hydrogens (tertiary/aromatic N) is 1. The molecule has 2 aromatic carbocycles. The van der Waals surface area contributed by atoms with Gasteiger partial charge in [-0.2, -0.15) is 0 Å². The molecule has 3 rings (SSSR count). The lowest BCUT2D eigenvalue weighted by molar-refractivity contribution is -0.119. The number of ether oxygens (including phenoxy) is 1. The molecule has 0 saturated carbocycles. The fraction of sp³-hybridized carbons (Fsp3) is 0.143. The monoisotopic (exact) mass is 462 g/mol. The van der Waals surface area contributed by atoms with Gasteiger partial charge in [-0.25, -0.2) is 21.9 Å². The molecule has 162 valence electrons. The number of rotatable bonds is 7. The van der Waals surface area contributed by atoms with Crippen LogP contribution in [0.3, 0.4) is 0 Å². The number of nitrogens with one attached hydrogen (secondary N) is 1. The van der Waals surface area contributed by atoms with Crippen LogP contribution in [0.25, 0.3) is 10.4 Å². The molecule has 1 N–H and O–H groups in total. The first-order valence-electron chi connectivity index (χ1n) is 9.02. The summed E-state index contributed by atoms with van der Waals surface area (Å²) >= 11 is 1.16. The van der Waals surface area contributed by atoms with Crippen molar-refractivity contribution in [2.45, 2.75) is 4.90 Å². The molecule has 7 nitrogen and oxygen atoms in total. The number of anilines is 1. The van der Waals surface area contributed by atoms with Gasteiger partial charge in [-0.1, -0.05) is 18.2 Å². The van der Waals surface area contributed by atoms with E-state index in [0.717, 1.165) is 26.1 Å². The standard InChI is InChI=1S/C21H19FN2O5S2/c1-24(2)31(27,28)17-5-3-4-16(12-17)23-20(25)13-29-21(26)19-11-10-18(30-19)14-6-8-15(22)9-7-14/h3-12H,13H2,1-2H3,(H,23,25). The second-order valence-corrected chi connectivity index (χ2v) is 9.85. The highest BCUT2D eigenvalue weighted by molar-refractivity contribution is 7.89. The molecule has 0 fully saturated rings. The van der Waals surface area contributed by atoms with E-state index in [1.165, 1.54) is 50.5 Å². The number of esters is 1. The maximum atomic E-state index is 13.0. The third kappa shape index (κ3) is 5.54. The van der Waals surface area contributed by atoms with E-state index in [1.54, 1.807) is 24.3 Å². The van der Waals surface area contributed by atoms with Crippen molar-refractivity contribution in [3.8, 4) is 10.4 Å². The number of carbonyl (C=O) groups is 2. The molecule has 10 heteroatoms. The second kappa shape index (κ2) is 9.38. The van der Waals surface area contributed by atoms with Gasteiger partial charge in [-0.3, -0.25) is 4.79 Å². The van der Waals surface area contributed by atoms with Crippen LogP contribution in [0.4, 0.5) is 10.1 Å². The van der Waals surface area contributed by atoms with Crippen LogP contribution in [0.2, 0.25) is 0 Å². The number of benzene rings is 2. The Kier molecular flexibility index (Phi) is 6.84. The molecule has 0 radical (unpaired) electrons. The Morgan fingerprint density at radius 3 is 2.45 bits per heavy atom. The summed E-state index contributed by atoms with van der Waals surface area (Å²) in [4.78, 5) is 25.4. The Morgan fingerprint density at radius 2 is 1.77 bits per heavy atom. The van der Waals surface area contributed by atoms with Gasteiger partial charge < -0.3 is 10.1 Å². The lowest BCUT2D eigenvalue weighted by atomic mass is 10.2. The molecule has 0 spiro atoms. The highest BCUT2D eigenvalue weighted by Gasteiger charge is 2.18. The molecule has 0 bridgehead atoms. The number of thiophene rings is 1. The molecule has 1 amide bonds. The molecular formula is C21H19FN2O5S2. The summed E-state index contributed by atoms with van der Waals surface area (Å²) in [5.74, 6) is -1.63. The summed E-state index contributed by atoms with van der Waals surface area (Å²) in [7, 11) is -0.825. The minimum atomic E-state index is -3.64. The van der Waals surface area contributed by atoms with Crippen molar-refractivity contribution < 1.29 is 27.1 Å². The normalized spacial score (nSPS) is 11.4. The maximum absolute atomic E-state index is 13.0. The van der Waals surface area contributed by atoms with Crippen molar-refractivity contribution in [1.29, 1.82) is 0 Å². The summed E-state index contributed by atoms with van der Waals surface area (Å²) in [6, 6.07) is 14.9. The van der Waals surface area contributed by atoms with Gasteiger partial charge in [-0.15, -0.1) is 11.3 Å². The van der Waals surface area contributed by atoms with Gasteiger partial charge in [0.05, 0.1) is 4.90 Å². The highest BCUT2D eigenvalue weighted by atomic mass is 32.2. The van der Waals surface area contributed by atoms with Gasteiger partial charge in [0.25, 0.3) is 5.91 Å². The van der Waals surface area contributed by atoms with E-state index in [1.807, 2.05) is 0 Å². The van der Waals surface area contributed by atoms with E-state index in [2.05, 4.69) is 5.32 Å². The Labute approximate surface area is 183 Å². The van der Waals surface area contributed by atoms with Crippen molar-refractivity contribution in [3.05, 3.63) is 71.4 Å². The summed E-state index contributed by atoms with van der Waals surface area (Å²) in [6.45, 7) is -0.534. The van der Waals surface area contributed by atoms with Crippen LogP contribution in [0.1, 0.15) is 9.67 Å². The molecule has 3 aromatic rings. The van der Waals surface area contributed by atoms with Gasteiger partial charge in [-0.05, 0) is 48.0 Å². The van der Waals surface area contributed by atoms with Crippen molar-refractivity contribution in [1.82, 2.24) is 4.31 Å².